The first-order valence-corrected chi connectivity index (χ1v) is 4.23. The van der Waals surface area contributed by atoms with Crippen molar-refractivity contribution in [1.82, 2.24) is 10.2 Å². The molecule has 1 N–H and O–H groups in total. The van der Waals surface area contributed by atoms with E-state index < -0.39 is 0 Å². The first-order chi connectivity index (χ1) is 5.25. The molecule has 1 rings (SSSR count). The highest BCUT2D eigenvalue weighted by Crippen LogP contribution is 2.14. The van der Waals surface area contributed by atoms with Crippen molar-refractivity contribution in [3.63, 3.8) is 0 Å². The predicted octanol–water partition coefficient (Wildman–Crippen LogP) is 0.217. The summed E-state index contributed by atoms with van der Waals surface area (Å²) in [5.74, 6) is 0.188. The second-order valence-corrected chi connectivity index (χ2v) is 3.03. The third-order valence-corrected chi connectivity index (χ3v) is 2.17. The van der Waals surface area contributed by atoms with Crippen molar-refractivity contribution in [2.75, 3.05) is 20.1 Å². The number of carbonyl (C=O) groups is 1. The summed E-state index contributed by atoms with van der Waals surface area (Å²) in [4.78, 5) is 13.4. The minimum Gasteiger partial charge on any atom is -0.355 e. The van der Waals surface area contributed by atoms with E-state index in [1.807, 2.05) is 14.0 Å². The van der Waals surface area contributed by atoms with Crippen LogP contribution in [-0.4, -0.2) is 37.0 Å². The highest BCUT2D eigenvalue weighted by atomic mass is 16.2. The molecular weight excluding hydrogens is 140 g/mol. The summed E-state index contributed by atoms with van der Waals surface area (Å²) in [6.45, 7) is 3.75. The van der Waals surface area contributed by atoms with Crippen LogP contribution < -0.4 is 5.32 Å². The molecule has 0 aromatic heterocycles. The van der Waals surface area contributed by atoms with Gasteiger partial charge < -0.3 is 5.32 Å². The number of rotatable bonds is 2. The Kier molecular flexibility index (Phi) is 2.88. The Hall–Kier alpha value is -0.570. The Bertz CT molecular complexity index is 147. The molecule has 64 valence electrons. The van der Waals surface area contributed by atoms with Gasteiger partial charge >= 0.3 is 0 Å². The summed E-state index contributed by atoms with van der Waals surface area (Å²) < 4.78 is 0. The average Bonchev–Trinajstić information content (AvgIpc) is 2.36. The third kappa shape index (κ3) is 1.93. The zero-order chi connectivity index (χ0) is 8.27. The number of likely N-dealkylation sites (tertiary alicyclic amines) is 1. The van der Waals surface area contributed by atoms with Crippen molar-refractivity contribution >= 4 is 5.91 Å². The molecule has 1 amide bonds. The van der Waals surface area contributed by atoms with E-state index >= 15 is 0 Å². The van der Waals surface area contributed by atoms with Gasteiger partial charge in [-0.2, -0.15) is 0 Å². The number of likely N-dealkylation sites (N-methyl/N-ethyl adjacent to an activating group) is 2. The van der Waals surface area contributed by atoms with Crippen molar-refractivity contribution < 1.29 is 4.79 Å². The normalized spacial score (nSPS) is 25.5. The van der Waals surface area contributed by atoms with E-state index in [0.717, 1.165) is 25.9 Å². The van der Waals surface area contributed by atoms with Crippen LogP contribution in [0.4, 0.5) is 0 Å². The quantitative estimate of drug-likeness (QED) is 0.620. The van der Waals surface area contributed by atoms with Gasteiger partial charge in [0, 0.05) is 6.54 Å². The molecule has 0 aromatic carbocycles. The molecule has 0 radical (unpaired) electrons. The lowest BCUT2D eigenvalue weighted by atomic mass is 10.2. The highest BCUT2D eigenvalue weighted by molar-refractivity contribution is 5.81. The van der Waals surface area contributed by atoms with Crippen LogP contribution in [0.2, 0.25) is 0 Å². The van der Waals surface area contributed by atoms with Gasteiger partial charge in [0.1, 0.15) is 0 Å². The molecule has 1 heterocycles. The van der Waals surface area contributed by atoms with Crippen LogP contribution in [0.5, 0.6) is 0 Å². The van der Waals surface area contributed by atoms with E-state index in [1.54, 1.807) is 0 Å². The number of hydrogen-bond acceptors (Lipinski definition) is 2. The summed E-state index contributed by atoms with van der Waals surface area (Å²) >= 11 is 0. The van der Waals surface area contributed by atoms with Gasteiger partial charge in [0.25, 0.3) is 0 Å². The van der Waals surface area contributed by atoms with Crippen molar-refractivity contribution in [2.24, 2.45) is 0 Å². The van der Waals surface area contributed by atoms with Crippen LogP contribution in [0.15, 0.2) is 0 Å². The first-order valence-electron chi connectivity index (χ1n) is 4.23. The lowest BCUT2D eigenvalue weighted by Gasteiger charge is -2.17. The van der Waals surface area contributed by atoms with Gasteiger partial charge in [-0.15, -0.1) is 0 Å². The molecule has 0 bridgehead atoms. The maximum absolute atomic E-state index is 11.3. The molecule has 1 fully saturated rings. The van der Waals surface area contributed by atoms with E-state index in [1.165, 1.54) is 0 Å². The number of amides is 1. The van der Waals surface area contributed by atoms with Crippen LogP contribution >= 0.6 is 0 Å². The van der Waals surface area contributed by atoms with Crippen LogP contribution in [0.1, 0.15) is 19.8 Å². The number of nitrogens with zero attached hydrogens (tertiary/aromatic N) is 1. The zero-order valence-corrected chi connectivity index (χ0v) is 7.26. The van der Waals surface area contributed by atoms with Crippen LogP contribution in [0.25, 0.3) is 0 Å². The van der Waals surface area contributed by atoms with Crippen LogP contribution in [0.3, 0.4) is 0 Å². The molecule has 11 heavy (non-hydrogen) atoms. The summed E-state index contributed by atoms with van der Waals surface area (Å²) in [7, 11) is 2.01. The van der Waals surface area contributed by atoms with Gasteiger partial charge in [0.05, 0.1) is 6.04 Å². The fourth-order valence-corrected chi connectivity index (χ4v) is 1.53. The Labute approximate surface area is 67.8 Å². The maximum Gasteiger partial charge on any atom is 0.237 e. The van der Waals surface area contributed by atoms with Crippen molar-refractivity contribution in [1.29, 1.82) is 0 Å². The minimum atomic E-state index is 0.134. The largest absolute Gasteiger partial charge is 0.355 e. The van der Waals surface area contributed by atoms with Gasteiger partial charge in [0.2, 0.25) is 5.91 Å². The fourth-order valence-electron chi connectivity index (χ4n) is 1.53. The molecule has 0 spiro atoms. The second-order valence-electron chi connectivity index (χ2n) is 3.03. The Morgan fingerprint density at radius 3 is 2.91 bits per heavy atom. The fraction of sp³-hybridized carbons (Fsp3) is 0.875. The molecule has 0 aromatic rings. The van der Waals surface area contributed by atoms with Crippen molar-refractivity contribution in [3.05, 3.63) is 0 Å². The third-order valence-electron chi connectivity index (χ3n) is 2.17. The van der Waals surface area contributed by atoms with Gasteiger partial charge in [-0.1, -0.05) is 0 Å². The van der Waals surface area contributed by atoms with Crippen molar-refractivity contribution in [2.45, 2.75) is 25.8 Å². The number of nitrogens with one attached hydrogen (secondary N) is 1. The topological polar surface area (TPSA) is 32.3 Å². The smallest absolute Gasteiger partial charge is 0.237 e. The molecule has 1 aliphatic rings. The molecule has 1 atom stereocenters. The highest BCUT2D eigenvalue weighted by Gasteiger charge is 2.26. The molecular formula is C8H16N2O. The second kappa shape index (κ2) is 3.72. The van der Waals surface area contributed by atoms with Crippen LogP contribution in [-0.2, 0) is 4.79 Å². The van der Waals surface area contributed by atoms with E-state index in [0.29, 0.717) is 0 Å². The molecule has 0 unspecified atom stereocenters. The Morgan fingerprint density at radius 2 is 2.45 bits per heavy atom. The van der Waals surface area contributed by atoms with Gasteiger partial charge in [-0.25, -0.2) is 0 Å². The molecule has 1 aliphatic heterocycles. The van der Waals surface area contributed by atoms with E-state index in [9.17, 15) is 4.79 Å². The zero-order valence-electron chi connectivity index (χ0n) is 7.26. The summed E-state index contributed by atoms with van der Waals surface area (Å²) in [6.07, 6.45) is 2.17. The summed E-state index contributed by atoms with van der Waals surface area (Å²) in [6, 6.07) is 0.134. The molecule has 0 aliphatic carbocycles. The standard InChI is InChI=1S/C8H16N2O/c1-3-9-8(11)7-5-4-6-10(7)2/h7H,3-6H2,1-2H3,(H,9,11)/t7-/m1/s1. The maximum atomic E-state index is 11.3. The molecule has 3 heteroatoms. The number of hydrogen-bond donors (Lipinski definition) is 1. The SMILES string of the molecule is CCNC(=O)[C@H]1CCCN1C. The van der Waals surface area contributed by atoms with Gasteiger partial charge in [-0.3, -0.25) is 9.69 Å². The van der Waals surface area contributed by atoms with E-state index in [-0.39, 0.29) is 11.9 Å². The Balaban J connectivity index is 2.39. The van der Waals surface area contributed by atoms with Crippen molar-refractivity contribution in [3.8, 4) is 0 Å². The van der Waals surface area contributed by atoms with Crippen LogP contribution in [0, 0.1) is 0 Å². The average molecular weight is 156 g/mol. The number of carbonyl (C=O) groups excluding carboxylic acids is 1. The summed E-state index contributed by atoms with van der Waals surface area (Å²) in [5.41, 5.74) is 0. The Morgan fingerprint density at radius 1 is 1.73 bits per heavy atom. The van der Waals surface area contributed by atoms with E-state index in [2.05, 4.69) is 10.2 Å². The minimum absolute atomic E-state index is 0.134. The summed E-state index contributed by atoms with van der Waals surface area (Å²) in [5, 5.41) is 2.84. The molecule has 3 nitrogen and oxygen atoms in total. The predicted molar refractivity (Wildman–Crippen MR) is 44.3 cm³/mol. The monoisotopic (exact) mass is 156 g/mol. The lowest BCUT2D eigenvalue weighted by Crippen LogP contribution is -2.41. The lowest BCUT2D eigenvalue weighted by molar-refractivity contribution is -0.124. The van der Waals surface area contributed by atoms with Gasteiger partial charge in [-0.05, 0) is 33.4 Å². The van der Waals surface area contributed by atoms with Gasteiger partial charge in [0.15, 0.2) is 0 Å². The first kappa shape index (κ1) is 8.53. The molecule has 1 saturated heterocycles. The van der Waals surface area contributed by atoms with E-state index in [4.69, 9.17) is 0 Å². The molecule has 0 saturated carbocycles.